The summed E-state index contributed by atoms with van der Waals surface area (Å²) in [5, 5.41) is 12.3. The summed E-state index contributed by atoms with van der Waals surface area (Å²) in [6, 6.07) is 24.5. The van der Waals surface area contributed by atoms with Crippen LogP contribution in [0.15, 0.2) is 91.0 Å². The highest BCUT2D eigenvalue weighted by atomic mass is 16.5. The molecule has 5 nitrogen and oxygen atoms in total. The highest BCUT2D eigenvalue weighted by Crippen LogP contribution is 2.23. The van der Waals surface area contributed by atoms with Crippen LogP contribution >= 0.6 is 0 Å². The molecule has 0 bridgehead atoms. The number of aryl methyl sites for hydroxylation is 1. The van der Waals surface area contributed by atoms with Gasteiger partial charge in [-0.2, -0.15) is 0 Å². The number of amides is 1. The van der Waals surface area contributed by atoms with E-state index in [4.69, 9.17) is 9.84 Å². The second-order valence-electron chi connectivity index (χ2n) is 8.08. The second-order valence-corrected chi connectivity index (χ2v) is 8.08. The van der Waals surface area contributed by atoms with E-state index in [9.17, 15) is 9.59 Å². The number of carbonyl (C=O) groups excluding carboxylic acids is 1. The molecule has 2 N–H and O–H groups in total. The number of rotatable bonds is 11. The summed E-state index contributed by atoms with van der Waals surface area (Å²) in [5.41, 5.74) is 3.94. The lowest BCUT2D eigenvalue weighted by molar-refractivity contribution is -0.136. The van der Waals surface area contributed by atoms with Crippen molar-refractivity contribution in [1.82, 2.24) is 5.32 Å². The van der Waals surface area contributed by atoms with Gasteiger partial charge >= 0.3 is 5.97 Å². The topological polar surface area (TPSA) is 75.6 Å². The minimum atomic E-state index is -0.901. The first-order valence-corrected chi connectivity index (χ1v) is 10.9. The molecule has 0 radical (unpaired) electrons. The number of nitrogens with one attached hydrogen (secondary N) is 1. The van der Waals surface area contributed by atoms with Gasteiger partial charge in [-0.15, -0.1) is 6.58 Å². The maximum absolute atomic E-state index is 13.4. The van der Waals surface area contributed by atoms with E-state index in [0.717, 1.165) is 22.4 Å². The van der Waals surface area contributed by atoms with Crippen LogP contribution < -0.4 is 10.1 Å². The van der Waals surface area contributed by atoms with Gasteiger partial charge in [-0.05, 0) is 54.7 Å². The fourth-order valence-electron chi connectivity index (χ4n) is 3.59. The third-order valence-corrected chi connectivity index (χ3v) is 5.24. The number of carboxylic acid groups (broad SMARTS) is 1. The number of hydrogen-bond donors (Lipinski definition) is 2. The minimum absolute atomic E-state index is 0.0476. The Bertz CT molecular complexity index is 1090. The van der Waals surface area contributed by atoms with Crippen LogP contribution in [0.4, 0.5) is 0 Å². The molecule has 0 aliphatic rings. The van der Waals surface area contributed by atoms with Gasteiger partial charge < -0.3 is 15.2 Å². The molecule has 1 atom stereocenters. The molecule has 1 amide bonds. The maximum Gasteiger partial charge on any atom is 0.303 e. The van der Waals surface area contributed by atoms with Gasteiger partial charge in [-0.3, -0.25) is 9.59 Å². The van der Waals surface area contributed by atoms with E-state index < -0.39 is 5.97 Å². The van der Waals surface area contributed by atoms with E-state index in [2.05, 4.69) is 11.9 Å². The first kappa shape index (κ1) is 23.8. The third-order valence-electron chi connectivity index (χ3n) is 5.24. The van der Waals surface area contributed by atoms with Gasteiger partial charge in [-0.1, -0.05) is 66.2 Å². The molecule has 0 heterocycles. The van der Waals surface area contributed by atoms with Crippen LogP contribution in [0, 0.1) is 0 Å². The second kappa shape index (κ2) is 11.7. The Kier molecular flexibility index (Phi) is 8.42. The summed E-state index contributed by atoms with van der Waals surface area (Å²) in [7, 11) is 0. The van der Waals surface area contributed by atoms with Gasteiger partial charge in [0, 0.05) is 12.0 Å². The van der Waals surface area contributed by atoms with Crippen LogP contribution in [0.2, 0.25) is 0 Å². The van der Waals surface area contributed by atoms with Gasteiger partial charge in [0.1, 0.15) is 12.4 Å². The Balaban J connectivity index is 1.84. The summed E-state index contributed by atoms with van der Waals surface area (Å²) < 4.78 is 5.83. The van der Waals surface area contributed by atoms with Crippen LogP contribution in [-0.2, 0) is 17.8 Å². The minimum Gasteiger partial charge on any atom is -0.489 e. The molecule has 3 rings (SSSR count). The zero-order valence-electron chi connectivity index (χ0n) is 18.8. The van der Waals surface area contributed by atoms with Crippen molar-refractivity contribution in [1.29, 1.82) is 0 Å². The van der Waals surface area contributed by atoms with Crippen molar-refractivity contribution in [2.24, 2.45) is 0 Å². The van der Waals surface area contributed by atoms with Gasteiger partial charge in [-0.25, -0.2) is 0 Å². The Morgan fingerprint density at radius 3 is 2.30 bits per heavy atom. The highest BCUT2D eigenvalue weighted by Gasteiger charge is 2.19. The van der Waals surface area contributed by atoms with Crippen molar-refractivity contribution in [2.75, 3.05) is 0 Å². The highest BCUT2D eigenvalue weighted by molar-refractivity contribution is 5.96. The smallest absolute Gasteiger partial charge is 0.303 e. The molecular formula is C28H29NO4. The van der Waals surface area contributed by atoms with Crippen molar-refractivity contribution < 1.29 is 19.4 Å². The molecule has 5 heteroatoms. The first-order valence-electron chi connectivity index (χ1n) is 10.9. The molecule has 0 fully saturated rings. The normalized spacial score (nSPS) is 11.4. The van der Waals surface area contributed by atoms with Gasteiger partial charge in [0.05, 0.1) is 6.04 Å². The Morgan fingerprint density at radius 1 is 1.00 bits per heavy atom. The third kappa shape index (κ3) is 7.35. The number of ether oxygens (including phenoxy) is 1. The quantitative estimate of drug-likeness (QED) is 0.372. The van der Waals surface area contributed by atoms with Crippen LogP contribution in [0.1, 0.15) is 52.9 Å². The number of carbonyl (C=O) groups is 2. The Hall–Kier alpha value is -3.86. The monoisotopic (exact) mass is 443 g/mol. The number of aliphatic carboxylic acids is 1. The Morgan fingerprint density at radius 2 is 1.67 bits per heavy atom. The fraction of sp³-hybridized carbons (Fsp3) is 0.214. The molecule has 170 valence electrons. The molecule has 3 aromatic rings. The van der Waals surface area contributed by atoms with Crippen LogP contribution in [-0.4, -0.2) is 17.0 Å². The van der Waals surface area contributed by atoms with Crippen molar-refractivity contribution in [3.8, 4) is 5.75 Å². The number of carboxylic acids is 1. The summed E-state index contributed by atoms with van der Waals surface area (Å²) in [6.07, 6.45) is 0.833. The molecule has 1 unspecified atom stereocenters. The van der Waals surface area contributed by atoms with Crippen LogP contribution in [0.25, 0.3) is 0 Å². The lowest BCUT2D eigenvalue weighted by Crippen LogP contribution is -2.29. The molecule has 0 saturated heterocycles. The maximum atomic E-state index is 13.4. The predicted octanol–water partition coefficient (Wildman–Crippen LogP) is 5.72. The zero-order chi connectivity index (χ0) is 23.6. The Labute approximate surface area is 194 Å². The van der Waals surface area contributed by atoms with Crippen molar-refractivity contribution in [3.05, 3.63) is 113 Å². The molecule has 0 spiro atoms. The van der Waals surface area contributed by atoms with Crippen molar-refractivity contribution in [2.45, 2.75) is 38.8 Å². The lowest BCUT2D eigenvalue weighted by Gasteiger charge is -2.21. The average Bonchev–Trinajstić information content (AvgIpc) is 2.82. The average molecular weight is 444 g/mol. The molecule has 33 heavy (non-hydrogen) atoms. The van der Waals surface area contributed by atoms with Crippen molar-refractivity contribution in [3.63, 3.8) is 0 Å². The van der Waals surface area contributed by atoms with E-state index in [1.54, 1.807) is 6.07 Å². The lowest BCUT2D eigenvalue weighted by atomic mass is 9.97. The largest absolute Gasteiger partial charge is 0.489 e. The predicted molar refractivity (Wildman–Crippen MR) is 129 cm³/mol. The SMILES string of the molecule is C=C(C)CC(NC(=O)c1cc(COc2ccccc2)ccc1CCC(=O)O)c1ccccc1. The summed E-state index contributed by atoms with van der Waals surface area (Å²) in [6.45, 7) is 6.24. The van der Waals surface area contributed by atoms with E-state index in [0.29, 0.717) is 24.2 Å². The number of para-hydroxylation sites is 1. The summed E-state index contributed by atoms with van der Waals surface area (Å²) >= 11 is 0. The van der Waals surface area contributed by atoms with Gasteiger partial charge in [0.2, 0.25) is 0 Å². The molecular weight excluding hydrogens is 414 g/mol. The van der Waals surface area contributed by atoms with Crippen LogP contribution in [0.3, 0.4) is 0 Å². The summed E-state index contributed by atoms with van der Waals surface area (Å²) in [5.74, 6) is -0.404. The van der Waals surface area contributed by atoms with E-state index in [1.807, 2.05) is 79.7 Å². The summed E-state index contributed by atoms with van der Waals surface area (Å²) in [4.78, 5) is 24.5. The van der Waals surface area contributed by atoms with E-state index in [-0.39, 0.29) is 24.8 Å². The van der Waals surface area contributed by atoms with Gasteiger partial charge in [0.25, 0.3) is 5.91 Å². The van der Waals surface area contributed by atoms with E-state index in [1.165, 1.54) is 0 Å². The van der Waals surface area contributed by atoms with Crippen LogP contribution in [0.5, 0.6) is 5.75 Å². The fourth-order valence-corrected chi connectivity index (χ4v) is 3.59. The number of hydrogen-bond acceptors (Lipinski definition) is 3. The molecule has 0 aliphatic heterocycles. The molecule has 0 aromatic heterocycles. The first-order chi connectivity index (χ1) is 15.9. The molecule has 3 aromatic carbocycles. The molecule has 0 saturated carbocycles. The zero-order valence-corrected chi connectivity index (χ0v) is 18.8. The standard InChI is InChI=1S/C28H29NO4/c1-20(2)17-26(23-9-5-3-6-10-23)29-28(32)25-18-21(13-14-22(25)15-16-27(30)31)19-33-24-11-7-4-8-12-24/h3-14,18,26H,1,15-17,19H2,2H3,(H,29,32)(H,30,31). The number of benzene rings is 3. The van der Waals surface area contributed by atoms with E-state index >= 15 is 0 Å². The molecule has 0 aliphatic carbocycles. The van der Waals surface area contributed by atoms with Crippen molar-refractivity contribution >= 4 is 11.9 Å². The van der Waals surface area contributed by atoms with Gasteiger partial charge in [0.15, 0.2) is 0 Å².